The van der Waals surface area contributed by atoms with Gasteiger partial charge >= 0.3 is 0 Å². The van der Waals surface area contributed by atoms with Crippen LogP contribution in [0.25, 0.3) is 0 Å². The highest BCUT2D eigenvalue weighted by Gasteiger charge is 2.31. The molecule has 2 heterocycles. The van der Waals surface area contributed by atoms with Crippen molar-refractivity contribution in [2.45, 2.75) is 44.6 Å². The maximum absolute atomic E-state index is 11.9. The minimum atomic E-state index is 0.378. The smallest absolute Gasteiger partial charge is 0.222 e. The van der Waals surface area contributed by atoms with Crippen molar-refractivity contribution < 1.29 is 4.79 Å². The highest BCUT2D eigenvalue weighted by molar-refractivity contribution is 14.1. The molecular weight excluding hydrogens is 389 g/mol. The quantitative estimate of drug-likeness (QED) is 0.711. The number of nitrogens with zero attached hydrogens (tertiary/aromatic N) is 3. The molecular formula is C17H24IN3O. The van der Waals surface area contributed by atoms with Crippen molar-refractivity contribution in [2.75, 3.05) is 25.0 Å². The van der Waals surface area contributed by atoms with Gasteiger partial charge in [-0.1, -0.05) is 0 Å². The summed E-state index contributed by atoms with van der Waals surface area (Å²) in [6.45, 7) is 2.05. The van der Waals surface area contributed by atoms with Gasteiger partial charge in [0.05, 0.1) is 0 Å². The summed E-state index contributed by atoms with van der Waals surface area (Å²) >= 11 is 2.28. The molecule has 0 aromatic carbocycles. The van der Waals surface area contributed by atoms with Crippen LogP contribution in [-0.2, 0) is 4.79 Å². The summed E-state index contributed by atoms with van der Waals surface area (Å²) in [7, 11) is 2.13. The topological polar surface area (TPSA) is 36.4 Å². The predicted octanol–water partition coefficient (Wildman–Crippen LogP) is 3.30. The maximum atomic E-state index is 11.9. The molecule has 0 radical (unpaired) electrons. The Labute approximate surface area is 146 Å². The fourth-order valence-electron chi connectivity index (χ4n) is 3.77. The minimum Gasteiger partial charge on any atom is -0.359 e. The van der Waals surface area contributed by atoms with Gasteiger partial charge in [0.1, 0.15) is 5.82 Å². The van der Waals surface area contributed by atoms with Gasteiger partial charge in [0.2, 0.25) is 5.91 Å². The van der Waals surface area contributed by atoms with Crippen LogP contribution in [0.1, 0.15) is 38.5 Å². The molecule has 0 atom stereocenters. The zero-order valence-corrected chi connectivity index (χ0v) is 15.3. The molecule has 2 fully saturated rings. The van der Waals surface area contributed by atoms with Gasteiger partial charge in [-0.25, -0.2) is 4.98 Å². The first-order valence-corrected chi connectivity index (χ1v) is 9.33. The van der Waals surface area contributed by atoms with Crippen LogP contribution in [0.5, 0.6) is 0 Å². The van der Waals surface area contributed by atoms with E-state index in [1.807, 2.05) is 6.20 Å². The fourth-order valence-corrected chi connectivity index (χ4v) is 4.09. The average Bonchev–Trinajstić information content (AvgIpc) is 2.95. The van der Waals surface area contributed by atoms with E-state index in [1.54, 1.807) is 0 Å². The predicted molar refractivity (Wildman–Crippen MR) is 96.9 cm³/mol. The monoisotopic (exact) mass is 413 g/mol. The third kappa shape index (κ3) is 3.73. The second-order valence-electron chi connectivity index (χ2n) is 6.58. The molecule has 0 spiro atoms. The largest absolute Gasteiger partial charge is 0.359 e. The van der Waals surface area contributed by atoms with E-state index in [-0.39, 0.29) is 0 Å². The number of pyridine rings is 1. The Morgan fingerprint density at radius 1 is 1.32 bits per heavy atom. The molecule has 120 valence electrons. The summed E-state index contributed by atoms with van der Waals surface area (Å²) in [6.07, 6.45) is 8.53. The Bertz CT molecular complexity index is 511. The van der Waals surface area contributed by atoms with Gasteiger partial charge in [0.15, 0.2) is 0 Å². The van der Waals surface area contributed by atoms with Crippen LogP contribution >= 0.6 is 22.6 Å². The first-order chi connectivity index (χ1) is 10.6. The van der Waals surface area contributed by atoms with E-state index in [2.05, 4.69) is 56.6 Å². The van der Waals surface area contributed by atoms with Crippen molar-refractivity contribution in [2.24, 2.45) is 5.92 Å². The molecule has 1 aromatic rings. The summed E-state index contributed by atoms with van der Waals surface area (Å²) in [5, 5.41) is 0. The van der Waals surface area contributed by atoms with E-state index in [0.29, 0.717) is 11.9 Å². The van der Waals surface area contributed by atoms with Crippen LogP contribution in [0.2, 0.25) is 0 Å². The molecule has 1 saturated heterocycles. The zero-order valence-electron chi connectivity index (χ0n) is 13.2. The lowest BCUT2D eigenvalue weighted by Gasteiger charge is -2.36. The third-order valence-corrected chi connectivity index (χ3v) is 5.64. The van der Waals surface area contributed by atoms with E-state index in [9.17, 15) is 4.79 Å². The maximum Gasteiger partial charge on any atom is 0.222 e. The van der Waals surface area contributed by atoms with Crippen LogP contribution in [0, 0.1) is 9.49 Å². The Hall–Kier alpha value is -0.850. The van der Waals surface area contributed by atoms with E-state index in [0.717, 1.165) is 37.7 Å². The number of hydrogen-bond acceptors (Lipinski definition) is 3. The van der Waals surface area contributed by atoms with E-state index in [1.165, 1.54) is 29.3 Å². The van der Waals surface area contributed by atoms with Gasteiger partial charge in [-0.15, -0.1) is 0 Å². The molecule has 0 bridgehead atoms. The van der Waals surface area contributed by atoms with Crippen LogP contribution < -0.4 is 4.90 Å². The minimum absolute atomic E-state index is 0.378. The number of hydrogen-bond donors (Lipinski definition) is 0. The molecule has 22 heavy (non-hydrogen) atoms. The number of anilines is 1. The summed E-state index contributed by atoms with van der Waals surface area (Å²) in [4.78, 5) is 20.8. The van der Waals surface area contributed by atoms with Gasteiger partial charge in [0, 0.05) is 42.4 Å². The Morgan fingerprint density at radius 3 is 2.68 bits per heavy atom. The molecule has 0 N–H and O–H groups in total. The van der Waals surface area contributed by atoms with Crippen LogP contribution in [0.15, 0.2) is 18.3 Å². The number of halogens is 1. The lowest BCUT2D eigenvalue weighted by Crippen LogP contribution is -2.40. The second-order valence-corrected chi connectivity index (χ2v) is 7.83. The molecule has 1 aromatic heterocycles. The fraction of sp³-hybridized carbons (Fsp3) is 0.647. The Kier molecular flexibility index (Phi) is 5.21. The van der Waals surface area contributed by atoms with Gasteiger partial charge in [-0.2, -0.15) is 0 Å². The summed E-state index contributed by atoms with van der Waals surface area (Å²) in [5.41, 5.74) is 0. The van der Waals surface area contributed by atoms with Crippen molar-refractivity contribution in [1.82, 2.24) is 9.88 Å². The summed E-state index contributed by atoms with van der Waals surface area (Å²) in [6, 6.07) is 4.71. The van der Waals surface area contributed by atoms with E-state index in [4.69, 9.17) is 0 Å². The van der Waals surface area contributed by atoms with Crippen molar-refractivity contribution in [3.8, 4) is 0 Å². The van der Waals surface area contributed by atoms with Crippen molar-refractivity contribution in [1.29, 1.82) is 0 Å². The van der Waals surface area contributed by atoms with Crippen LogP contribution in [0.4, 0.5) is 5.82 Å². The van der Waals surface area contributed by atoms with Gasteiger partial charge in [0.25, 0.3) is 0 Å². The molecule has 5 heteroatoms. The average molecular weight is 413 g/mol. The van der Waals surface area contributed by atoms with E-state index >= 15 is 0 Å². The third-order valence-electron chi connectivity index (χ3n) is 5.00. The van der Waals surface area contributed by atoms with Crippen LogP contribution in [-0.4, -0.2) is 42.0 Å². The lowest BCUT2D eigenvalue weighted by atomic mass is 9.85. The summed E-state index contributed by atoms with van der Waals surface area (Å²) in [5.74, 6) is 2.15. The number of carbonyl (C=O) groups is 1. The van der Waals surface area contributed by atoms with Crippen molar-refractivity contribution >= 4 is 34.3 Å². The molecule has 2 aliphatic rings. The summed E-state index contributed by atoms with van der Waals surface area (Å²) < 4.78 is 1.17. The number of carbonyl (C=O) groups excluding carboxylic acids is 1. The van der Waals surface area contributed by atoms with Crippen LogP contribution in [0.3, 0.4) is 0 Å². The first-order valence-electron chi connectivity index (χ1n) is 8.25. The first kappa shape index (κ1) is 16.0. The molecule has 1 aliphatic carbocycles. The molecule has 3 rings (SSSR count). The SMILES string of the molecule is CN(CC1CCC(N2CCCC2=O)CC1)c1ccc(I)cn1. The van der Waals surface area contributed by atoms with Crippen molar-refractivity contribution in [3.63, 3.8) is 0 Å². The molecule has 1 amide bonds. The normalized spacial score (nSPS) is 25.5. The number of likely N-dealkylation sites (tertiary alicyclic amines) is 1. The number of aromatic nitrogens is 1. The lowest BCUT2D eigenvalue weighted by molar-refractivity contribution is -0.130. The van der Waals surface area contributed by atoms with Gasteiger partial charge in [-0.3, -0.25) is 4.79 Å². The number of rotatable bonds is 4. The highest BCUT2D eigenvalue weighted by Crippen LogP contribution is 2.30. The van der Waals surface area contributed by atoms with Gasteiger partial charge in [-0.05, 0) is 72.7 Å². The molecule has 1 saturated carbocycles. The Balaban J connectivity index is 1.49. The van der Waals surface area contributed by atoms with E-state index < -0.39 is 0 Å². The zero-order chi connectivity index (χ0) is 15.5. The number of amides is 1. The highest BCUT2D eigenvalue weighted by atomic mass is 127. The standard InChI is InChI=1S/C17H24IN3O/c1-20(16-9-6-14(18)11-19-16)12-13-4-7-15(8-5-13)21-10-2-3-17(21)22/h6,9,11,13,15H,2-5,7-8,10,12H2,1H3. The van der Waals surface area contributed by atoms with Gasteiger partial charge < -0.3 is 9.80 Å². The van der Waals surface area contributed by atoms with Crippen molar-refractivity contribution in [3.05, 3.63) is 21.9 Å². The molecule has 4 nitrogen and oxygen atoms in total. The molecule has 0 unspecified atom stereocenters. The second kappa shape index (κ2) is 7.15. The molecule has 1 aliphatic heterocycles. The Morgan fingerprint density at radius 2 is 2.09 bits per heavy atom.